The van der Waals surface area contributed by atoms with E-state index in [0.717, 1.165) is 5.75 Å². The number of ketones is 1. The van der Waals surface area contributed by atoms with E-state index in [2.05, 4.69) is 4.98 Å². The summed E-state index contributed by atoms with van der Waals surface area (Å²) in [4.78, 5) is 17.3. The molecule has 1 unspecified atom stereocenters. The second kappa shape index (κ2) is 6.13. The molecule has 0 aromatic carbocycles. The molecule has 0 N–H and O–H groups in total. The number of hydrogen-bond donors (Lipinski definition) is 0. The third-order valence-electron chi connectivity index (χ3n) is 3.35. The van der Waals surface area contributed by atoms with Crippen molar-refractivity contribution in [2.24, 2.45) is 0 Å². The summed E-state index contributed by atoms with van der Waals surface area (Å²) in [5.41, 5.74) is 0.537. The first-order chi connectivity index (χ1) is 9.45. The number of aromatic nitrogens is 1. The van der Waals surface area contributed by atoms with Crippen LogP contribution in [-0.2, 0) is 9.84 Å². The molecular weight excluding hydrogens is 296 g/mol. The highest BCUT2D eigenvalue weighted by Crippen LogP contribution is 2.26. The molecule has 1 aliphatic heterocycles. The maximum Gasteiger partial charge on any atom is 0.171 e. The highest BCUT2D eigenvalue weighted by Gasteiger charge is 2.33. The Morgan fingerprint density at radius 1 is 1.50 bits per heavy atom. The molecule has 7 heteroatoms. The van der Waals surface area contributed by atoms with Gasteiger partial charge in [0.25, 0.3) is 0 Å². The molecule has 1 atom stereocenters. The van der Waals surface area contributed by atoms with Crippen molar-refractivity contribution in [1.29, 1.82) is 0 Å². The van der Waals surface area contributed by atoms with Crippen LogP contribution in [0.4, 0.5) is 5.82 Å². The Morgan fingerprint density at radius 2 is 2.25 bits per heavy atom. The summed E-state index contributed by atoms with van der Waals surface area (Å²) >= 11 is 1.65. The lowest BCUT2D eigenvalue weighted by atomic mass is 10.2. The lowest BCUT2D eigenvalue weighted by Crippen LogP contribution is -2.48. The predicted molar refractivity (Wildman–Crippen MR) is 82.2 cm³/mol. The van der Waals surface area contributed by atoms with Gasteiger partial charge in [-0.3, -0.25) is 4.79 Å². The number of nitrogens with zero attached hydrogens (tertiary/aromatic N) is 2. The highest BCUT2D eigenvalue weighted by molar-refractivity contribution is 8.01. The van der Waals surface area contributed by atoms with Gasteiger partial charge in [-0.1, -0.05) is 6.92 Å². The number of rotatable bonds is 4. The summed E-state index contributed by atoms with van der Waals surface area (Å²) in [7, 11) is -3.15. The third-order valence-corrected chi connectivity index (χ3v) is 6.64. The van der Waals surface area contributed by atoms with Crippen LogP contribution >= 0.6 is 11.8 Å². The van der Waals surface area contributed by atoms with E-state index in [1.54, 1.807) is 30.8 Å². The molecule has 0 bridgehead atoms. The maximum absolute atomic E-state index is 12.2. The van der Waals surface area contributed by atoms with Crippen molar-refractivity contribution in [2.75, 3.05) is 28.7 Å². The molecule has 110 valence electrons. The zero-order chi connectivity index (χ0) is 14.8. The molecule has 5 nitrogen and oxygen atoms in total. The van der Waals surface area contributed by atoms with E-state index >= 15 is 0 Å². The SMILES string of the molecule is CCS(=O)(=O)C1CSCCN1c1ccc(C(C)=O)cn1. The van der Waals surface area contributed by atoms with Crippen LogP contribution in [0.5, 0.6) is 0 Å². The Kier molecular flexibility index (Phi) is 4.70. The predicted octanol–water partition coefficient (Wildman–Crippen LogP) is 1.60. The zero-order valence-corrected chi connectivity index (χ0v) is 13.2. The van der Waals surface area contributed by atoms with Gasteiger partial charge in [-0.05, 0) is 19.1 Å². The summed E-state index contributed by atoms with van der Waals surface area (Å²) in [6, 6.07) is 3.42. The van der Waals surface area contributed by atoms with E-state index in [1.807, 2.05) is 4.90 Å². The molecule has 1 aromatic heterocycles. The Hall–Kier alpha value is -1.08. The Labute approximate surface area is 123 Å². The number of carbonyl (C=O) groups is 1. The van der Waals surface area contributed by atoms with E-state index in [1.165, 1.54) is 13.1 Å². The minimum Gasteiger partial charge on any atom is -0.338 e. The molecular formula is C13H18N2O3S2. The van der Waals surface area contributed by atoms with Gasteiger partial charge >= 0.3 is 0 Å². The quantitative estimate of drug-likeness (QED) is 0.786. The third kappa shape index (κ3) is 3.15. The summed E-state index contributed by atoms with van der Waals surface area (Å²) in [5, 5.41) is -0.526. The van der Waals surface area contributed by atoms with Crippen LogP contribution in [0.15, 0.2) is 18.3 Å². The van der Waals surface area contributed by atoms with Crippen molar-refractivity contribution in [3.63, 3.8) is 0 Å². The topological polar surface area (TPSA) is 67.3 Å². The van der Waals surface area contributed by atoms with E-state index in [0.29, 0.717) is 23.7 Å². The van der Waals surface area contributed by atoms with Crippen molar-refractivity contribution in [1.82, 2.24) is 4.98 Å². The largest absolute Gasteiger partial charge is 0.338 e. The number of carbonyl (C=O) groups excluding carboxylic acids is 1. The average Bonchev–Trinajstić information content (AvgIpc) is 2.47. The molecule has 1 fully saturated rings. The second-order valence-corrected chi connectivity index (χ2v) is 8.23. The maximum atomic E-state index is 12.2. The van der Waals surface area contributed by atoms with E-state index < -0.39 is 15.2 Å². The Morgan fingerprint density at radius 3 is 2.80 bits per heavy atom. The van der Waals surface area contributed by atoms with Crippen LogP contribution in [0.25, 0.3) is 0 Å². The highest BCUT2D eigenvalue weighted by atomic mass is 32.2. The Bertz CT molecular complexity index is 584. The molecule has 2 rings (SSSR count). The molecule has 0 saturated carbocycles. The van der Waals surface area contributed by atoms with E-state index in [-0.39, 0.29) is 11.5 Å². The lowest BCUT2D eigenvalue weighted by Gasteiger charge is -2.35. The van der Waals surface area contributed by atoms with Gasteiger partial charge in [-0.15, -0.1) is 0 Å². The van der Waals surface area contributed by atoms with Gasteiger partial charge < -0.3 is 4.90 Å². The second-order valence-electron chi connectivity index (χ2n) is 4.64. The molecule has 1 aromatic rings. The van der Waals surface area contributed by atoms with Crippen LogP contribution < -0.4 is 4.90 Å². The van der Waals surface area contributed by atoms with Gasteiger partial charge in [0.2, 0.25) is 0 Å². The summed E-state index contributed by atoms with van der Waals surface area (Å²) in [5.74, 6) is 2.15. The molecule has 20 heavy (non-hydrogen) atoms. The number of anilines is 1. The molecule has 0 aliphatic carbocycles. The molecule has 1 aliphatic rings. The van der Waals surface area contributed by atoms with Crippen molar-refractivity contribution in [3.8, 4) is 0 Å². The number of sulfone groups is 1. The van der Waals surface area contributed by atoms with Crippen LogP contribution in [0, 0.1) is 0 Å². The fourth-order valence-electron chi connectivity index (χ4n) is 2.10. The van der Waals surface area contributed by atoms with Gasteiger partial charge in [-0.2, -0.15) is 11.8 Å². The fourth-order valence-corrected chi connectivity index (χ4v) is 5.08. The normalized spacial score (nSPS) is 19.9. The summed E-state index contributed by atoms with van der Waals surface area (Å²) in [6.07, 6.45) is 1.51. The molecule has 1 saturated heterocycles. The van der Waals surface area contributed by atoms with Crippen LogP contribution in [0.1, 0.15) is 24.2 Å². The molecule has 0 radical (unpaired) electrons. The minimum atomic E-state index is -3.15. The van der Waals surface area contributed by atoms with Crippen molar-refractivity contribution in [3.05, 3.63) is 23.9 Å². The fraction of sp³-hybridized carbons (Fsp3) is 0.538. The number of Topliss-reactive ketones (excluding diaryl/α,β-unsaturated/α-hetero) is 1. The summed E-state index contributed by atoms with van der Waals surface area (Å²) in [6.45, 7) is 3.80. The minimum absolute atomic E-state index is 0.0454. The monoisotopic (exact) mass is 314 g/mol. The number of thioether (sulfide) groups is 1. The van der Waals surface area contributed by atoms with E-state index in [4.69, 9.17) is 0 Å². The molecule has 0 spiro atoms. The zero-order valence-electron chi connectivity index (χ0n) is 11.6. The molecule has 2 heterocycles. The van der Waals surface area contributed by atoms with Gasteiger partial charge in [0.1, 0.15) is 11.2 Å². The van der Waals surface area contributed by atoms with Gasteiger partial charge in [-0.25, -0.2) is 13.4 Å². The Balaban J connectivity index is 2.30. The molecule has 0 amide bonds. The van der Waals surface area contributed by atoms with Crippen LogP contribution in [0.2, 0.25) is 0 Å². The van der Waals surface area contributed by atoms with E-state index in [9.17, 15) is 13.2 Å². The van der Waals surface area contributed by atoms with Crippen LogP contribution in [-0.4, -0.2) is 48.4 Å². The number of hydrogen-bond acceptors (Lipinski definition) is 6. The number of pyridine rings is 1. The average molecular weight is 314 g/mol. The van der Waals surface area contributed by atoms with Crippen molar-refractivity contribution >= 4 is 33.2 Å². The van der Waals surface area contributed by atoms with Crippen molar-refractivity contribution in [2.45, 2.75) is 19.2 Å². The van der Waals surface area contributed by atoms with Crippen LogP contribution in [0.3, 0.4) is 0 Å². The first-order valence-electron chi connectivity index (χ1n) is 6.48. The smallest absolute Gasteiger partial charge is 0.171 e. The first kappa shape index (κ1) is 15.3. The first-order valence-corrected chi connectivity index (χ1v) is 9.35. The summed E-state index contributed by atoms with van der Waals surface area (Å²) < 4.78 is 24.4. The van der Waals surface area contributed by atoms with Gasteiger partial charge in [0.15, 0.2) is 15.6 Å². The standard InChI is InChI=1S/C13H18N2O3S2/c1-3-20(17,18)13-9-19-7-6-15(13)12-5-4-11(8-14-12)10(2)16/h4-5,8,13H,3,6-7,9H2,1-2H3. The van der Waals surface area contributed by atoms with Gasteiger partial charge in [0.05, 0.1) is 0 Å². The lowest BCUT2D eigenvalue weighted by molar-refractivity contribution is 0.101. The van der Waals surface area contributed by atoms with Crippen molar-refractivity contribution < 1.29 is 13.2 Å². The van der Waals surface area contributed by atoms with Gasteiger partial charge in [0, 0.05) is 35.6 Å².